The fraction of sp³-hybridized carbons (Fsp3) is 0.538. The Hall–Kier alpha value is -9.42. The van der Waals surface area contributed by atoms with Gasteiger partial charge in [0.15, 0.2) is 40.3 Å². The number of methoxy groups -OCH3 is 2. The van der Waals surface area contributed by atoms with Crippen molar-refractivity contribution in [3.63, 3.8) is 0 Å². The van der Waals surface area contributed by atoms with E-state index in [2.05, 4.69) is 16.0 Å². The van der Waals surface area contributed by atoms with Crippen LogP contribution in [0.5, 0.6) is 34.5 Å². The summed E-state index contributed by atoms with van der Waals surface area (Å²) in [5.74, 6) is 2.14. The van der Waals surface area contributed by atoms with Gasteiger partial charge in [-0.15, -0.1) is 0 Å². The Morgan fingerprint density at radius 2 is 1.13 bits per heavy atom. The molecule has 4 aromatic carbocycles. The van der Waals surface area contributed by atoms with Crippen molar-refractivity contribution in [2.75, 3.05) is 153 Å². The highest BCUT2D eigenvalue weighted by Gasteiger charge is 2.40. The summed E-state index contributed by atoms with van der Waals surface area (Å²) < 4.78 is 79.9. The van der Waals surface area contributed by atoms with Gasteiger partial charge < -0.3 is 92.1 Å². The molecule has 4 aromatic rings. The van der Waals surface area contributed by atoms with E-state index in [0.717, 1.165) is 66.6 Å². The summed E-state index contributed by atoms with van der Waals surface area (Å²) in [5.41, 5.74) is 7.27. The lowest BCUT2D eigenvalue weighted by Gasteiger charge is -2.31. The monoisotopic (exact) mass is 1630 g/mol. The Morgan fingerprint density at radius 1 is 0.559 bits per heavy atom. The molecule has 11 rings (SSSR count). The third kappa shape index (κ3) is 26.0. The van der Waals surface area contributed by atoms with Gasteiger partial charge >= 0.3 is 0 Å². The lowest BCUT2D eigenvalue weighted by atomic mass is 9.71. The summed E-state index contributed by atoms with van der Waals surface area (Å²) in [6, 6.07) is 18.2. The fourth-order valence-corrected chi connectivity index (χ4v) is 15.4. The average molecular weight is 1630 g/mol. The maximum absolute atomic E-state index is 14.6. The number of Topliss-reactive ketones (excluding diaryl/α,β-unsaturated/α-hetero) is 2. The molecule has 5 heterocycles. The molecule has 4 amide bonds. The van der Waals surface area contributed by atoms with Crippen LogP contribution in [0.4, 0.5) is 5.69 Å². The van der Waals surface area contributed by atoms with E-state index in [4.69, 9.17) is 71.3 Å². The standard InChI is InChI=1S/C91H118N6O21/c1-61(2)88(95-87(101)26-31-107-33-35-109-37-39-111-41-43-113-45-46-114-44-42-112-40-38-110-36-34-108-32-28-92-27-13-18-69-50-80(100)74(53-79(69)99)66-15-9-7-8-10-16-66)89(102)94-63(4)78(98)47-62(3)64-20-22-65(23-21-64)70-48-72-19-12-11-17-68-52-85(82(105-5)54-75(68)90(103)96(72)58-70)115-29-14-30-116-86-56-77-76(55-83(86)106-6)91(104)97-59-71(49-73(97)57-93-77)67-24-25-81-84(51-67)118-60-117-81/h11-12,17,19-25,47,51-52,54-59,61,63,66,69,72-74,88,92H,7-10,13-16,18,26-46,48-50,53,60H2,1-6H3,(H,94,102)(H,95,101). The van der Waals surface area contributed by atoms with E-state index in [0.29, 0.717) is 205 Å². The van der Waals surface area contributed by atoms with Gasteiger partial charge in [0.1, 0.15) is 17.6 Å². The van der Waals surface area contributed by atoms with Crippen molar-refractivity contribution in [3.8, 4) is 34.5 Å². The maximum Gasteiger partial charge on any atom is 0.260 e. The van der Waals surface area contributed by atoms with E-state index in [1.807, 2.05) is 99.9 Å². The summed E-state index contributed by atoms with van der Waals surface area (Å²) in [6.45, 7) is 15.8. The van der Waals surface area contributed by atoms with Crippen LogP contribution in [0.15, 0.2) is 108 Å². The fourth-order valence-electron chi connectivity index (χ4n) is 15.4. The molecule has 27 nitrogen and oxygen atoms in total. The van der Waals surface area contributed by atoms with Gasteiger partial charge in [-0.25, -0.2) is 0 Å². The number of amides is 4. The second-order valence-electron chi connectivity index (χ2n) is 30.8. The highest BCUT2D eigenvalue weighted by atomic mass is 16.7. The largest absolute Gasteiger partial charge is 0.493 e. The van der Waals surface area contributed by atoms with E-state index in [1.54, 1.807) is 47.2 Å². The van der Waals surface area contributed by atoms with Crippen LogP contribution in [0.1, 0.15) is 161 Å². The molecule has 27 heteroatoms. The molecule has 0 spiro atoms. The van der Waals surface area contributed by atoms with Gasteiger partial charge in [-0.3, -0.25) is 38.6 Å². The molecule has 638 valence electrons. The summed E-state index contributed by atoms with van der Waals surface area (Å²) in [5, 5.41) is 8.97. The average Bonchev–Trinajstić information content (AvgIpc) is 1.67. The lowest BCUT2D eigenvalue weighted by molar-refractivity contribution is -0.139. The minimum absolute atomic E-state index is 0.0285. The number of nitrogens with one attached hydrogen (secondary N) is 3. The first-order valence-corrected chi connectivity index (χ1v) is 41.9. The molecule has 118 heavy (non-hydrogen) atoms. The van der Waals surface area contributed by atoms with Gasteiger partial charge in [0.2, 0.25) is 18.6 Å². The summed E-state index contributed by atoms with van der Waals surface area (Å²) in [4.78, 5) is 103. The molecule has 6 atom stereocenters. The first-order chi connectivity index (χ1) is 57.5. The molecular formula is C91H118N6O21. The van der Waals surface area contributed by atoms with Gasteiger partial charge in [-0.05, 0) is 140 Å². The van der Waals surface area contributed by atoms with Gasteiger partial charge in [-0.2, -0.15) is 0 Å². The molecule has 2 fully saturated rings. The van der Waals surface area contributed by atoms with Crippen molar-refractivity contribution < 1.29 is 99.9 Å². The van der Waals surface area contributed by atoms with Crippen LogP contribution in [0.25, 0.3) is 22.8 Å². The normalized spacial score (nSPS) is 19.0. The number of rotatable bonds is 49. The summed E-state index contributed by atoms with van der Waals surface area (Å²) in [6.07, 6.45) is 26.1. The predicted molar refractivity (Wildman–Crippen MR) is 446 cm³/mol. The maximum atomic E-state index is 14.6. The zero-order valence-corrected chi connectivity index (χ0v) is 69.3. The van der Waals surface area contributed by atoms with Crippen molar-refractivity contribution in [1.82, 2.24) is 25.8 Å². The van der Waals surface area contributed by atoms with Crippen molar-refractivity contribution in [2.45, 2.75) is 142 Å². The second kappa shape index (κ2) is 46.8. The van der Waals surface area contributed by atoms with E-state index < -0.39 is 18.0 Å². The molecule has 3 N–H and O–H groups in total. The molecule has 7 aliphatic rings. The molecular weight excluding hydrogens is 1510 g/mol. The number of carbonyl (C=O) groups excluding carboxylic acids is 7. The van der Waals surface area contributed by atoms with E-state index in [9.17, 15) is 33.6 Å². The Labute approximate surface area is 692 Å². The molecule has 0 radical (unpaired) electrons. The Kier molecular flexibility index (Phi) is 35.4. The number of aliphatic imine (C=N–C) groups is 1. The molecule has 0 bridgehead atoms. The predicted octanol–water partition coefficient (Wildman–Crippen LogP) is 11.7. The number of nitrogens with zero attached hydrogens (tertiary/aromatic N) is 3. The third-order valence-corrected chi connectivity index (χ3v) is 22.1. The molecule has 0 saturated heterocycles. The van der Waals surface area contributed by atoms with Crippen LogP contribution >= 0.6 is 0 Å². The van der Waals surface area contributed by atoms with Gasteiger partial charge in [0.05, 0.1) is 168 Å². The zero-order chi connectivity index (χ0) is 83.0. The first kappa shape index (κ1) is 89.4. The number of carbonyl (C=O) groups is 7. The topological polar surface area (TPSA) is 304 Å². The number of fused-ring (bicyclic) bond motifs is 5. The highest BCUT2D eigenvalue weighted by molar-refractivity contribution is 6.06. The van der Waals surface area contributed by atoms with Crippen LogP contribution in [-0.2, 0) is 61.9 Å². The van der Waals surface area contributed by atoms with Crippen LogP contribution in [0, 0.1) is 23.7 Å². The number of benzene rings is 4. The Bertz CT molecular complexity index is 4220. The van der Waals surface area contributed by atoms with Crippen LogP contribution < -0.4 is 44.4 Å². The van der Waals surface area contributed by atoms with E-state index >= 15 is 0 Å². The number of hydrogen-bond donors (Lipinski definition) is 3. The lowest BCUT2D eigenvalue weighted by Crippen LogP contribution is -2.53. The number of hydrogen-bond acceptors (Lipinski definition) is 23. The number of ketones is 3. The Morgan fingerprint density at radius 3 is 1.76 bits per heavy atom. The van der Waals surface area contributed by atoms with Gasteiger partial charge in [0, 0.05) is 75.2 Å². The van der Waals surface area contributed by atoms with Crippen molar-refractivity contribution in [1.29, 1.82) is 0 Å². The van der Waals surface area contributed by atoms with Crippen LogP contribution in [0.3, 0.4) is 0 Å². The molecule has 2 aliphatic carbocycles. The van der Waals surface area contributed by atoms with E-state index in [1.165, 1.54) is 46.0 Å². The van der Waals surface area contributed by atoms with Crippen LogP contribution in [0.2, 0.25) is 0 Å². The highest BCUT2D eigenvalue weighted by Crippen LogP contribution is 2.44. The van der Waals surface area contributed by atoms with Crippen molar-refractivity contribution in [3.05, 3.63) is 137 Å². The van der Waals surface area contributed by atoms with Crippen molar-refractivity contribution in [2.24, 2.45) is 28.7 Å². The quantitative estimate of drug-likeness (QED) is 0.0210. The minimum Gasteiger partial charge on any atom is -0.493 e. The first-order valence-electron chi connectivity index (χ1n) is 41.9. The minimum atomic E-state index is -0.880. The third-order valence-electron chi connectivity index (χ3n) is 22.1. The number of allylic oxidation sites excluding steroid dienone is 3. The molecule has 0 aromatic heterocycles. The number of ether oxygens (including phenoxy) is 14. The van der Waals surface area contributed by atoms with E-state index in [-0.39, 0.29) is 93.0 Å². The molecule has 6 unspecified atom stereocenters. The van der Waals surface area contributed by atoms with Crippen molar-refractivity contribution >= 4 is 75.7 Å². The SMILES string of the molecule is COc1cc2c(cc1OCCCOc1cc3c(cc1OC)C(=O)N1C=C(c4ccc5c(c4)OCO5)CC1C=N3)C=CC=CC1CC(c3ccc(C(C)=CC(=O)C(C)NC(=O)C(NC(=O)CCOCCOCCOCCOCCOCCOCCOCCOCCNCCCC4CC(=O)C(C5CCCCCC5)CC4=O)C(C)C)cc3)=CN1C2=O. The summed E-state index contributed by atoms with van der Waals surface area (Å²) >= 11 is 0. The van der Waals surface area contributed by atoms with Gasteiger partial charge in [-0.1, -0.05) is 94.2 Å². The van der Waals surface area contributed by atoms with Gasteiger partial charge in [0.25, 0.3) is 11.8 Å². The second-order valence-corrected chi connectivity index (χ2v) is 30.8. The Balaban J connectivity index is 0.497. The smallest absolute Gasteiger partial charge is 0.260 e. The summed E-state index contributed by atoms with van der Waals surface area (Å²) in [7, 11) is 3.06. The molecule has 2 saturated carbocycles. The zero-order valence-electron chi connectivity index (χ0n) is 69.3. The molecule has 5 aliphatic heterocycles. The van der Waals surface area contributed by atoms with Crippen LogP contribution in [-0.4, -0.2) is 234 Å².